The summed E-state index contributed by atoms with van der Waals surface area (Å²) < 4.78 is 0. The van der Waals surface area contributed by atoms with Gasteiger partial charge in [-0.25, -0.2) is 0 Å². The highest BCUT2D eigenvalue weighted by Crippen LogP contribution is 2.09. The molecule has 4 heteroatoms. The Kier molecular flexibility index (Phi) is 6.53. The minimum absolute atomic E-state index is 0.0696. The molecule has 0 aliphatic rings. The van der Waals surface area contributed by atoms with Crippen LogP contribution >= 0.6 is 0 Å². The summed E-state index contributed by atoms with van der Waals surface area (Å²) in [6, 6.07) is 7.86. The van der Waals surface area contributed by atoms with E-state index in [1.54, 1.807) is 7.05 Å². The standard InChI is InChI=1S/C15H24N2O2/c1-11(2)14(8-9-18)17-10-12-4-6-13(7-5-12)15(19)16-3/h4-7,11,14,17-18H,8-10H2,1-3H3,(H,16,19). The third-order valence-corrected chi connectivity index (χ3v) is 3.26. The second-order valence-electron chi connectivity index (χ2n) is 5.02. The predicted molar refractivity (Wildman–Crippen MR) is 77.0 cm³/mol. The van der Waals surface area contributed by atoms with E-state index in [0.717, 1.165) is 18.5 Å². The van der Waals surface area contributed by atoms with E-state index in [0.29, 0.717) is 17.5 Å². The zero-order valence-corrected chi connectivity index (χ0v) is 11.9. The Morgan fingerprint density at radius 1 is 1.26 bits per heavy atom. The van der Waals surface area contributed by atoms with Crippen molar-refractivity contribution >= 4 is 5.91 Å². The Labute approximate surface area is 115 Å². The van der Waals surface area contributed by atoms with Crippen molar-refractivity contribution < 1.29 is 9.90 Å². The molecule has 0 aromatic heterocycles. The predicted octanol–water partition coefficient (Wildman–Crippen LogP) is 1.54. The zero-order valence-electron chi connectivity index (χ0n) is 11.9. The minimum atomic E-state index is -0.0696. The van der Waals surface area contributed by atoms with Crippen molar-refractivity contribution in [2.24, 2.45) is 5.92 Å². The van der Waals surface area contributed by atoms with Crippen LogP contribution in [0.1, 0.15) is 36.2 Å². The first kappa shape index (κ1) is 15.7. The fraction of sp³-hybridized carbons (Fsp3) is 0.533. The second-order valence-corrected chi connectivity index (χ2v) is 5.02. The van der Waals surface area contributed by atoms with Crippen LogP contribution in [0, 0.1) is 5.92 Å². The van der Waals surface area contributed by atoms with Gasteiger partial charge >= 0.3 is 0 Å². The Morgan fingerprint density at radius 2 is 1.89 bits per heavy atom. The van der Waals surface area contributed by atoms with E-state index in [1.165, 1.54) is 0 Å². The molecule has 1 aromatic carbocycles. The largest absolute Gasteiger partial charge is 0.396 e. The summed E-state index contributed by atoms with van der Waals surface area (Å²) in [5, 5.41) is 15.1. The minimum Gasteiger partial charge on any atom is -0.396 e. The molecule has 0 heterocycles. The average molecular weight is 264 g/mol. The Morgan fingerprint density at radius 3 is 2.37 bits per heavy atom. The van der Waals surface area contributed by atoms with Gasteiger partial charge < -0.3 is 15.7 Å². The number of rotatable bonds is 7. The van der Waals surface area contributed by atoms with Crippen LogP contribution in [-0.4, -0.2) is 30.7 Å². The maximum Gasteiger partial charge on any atom is 0.251 e. The van der Waals surface area contributed by atoms with Crippen LogP contribution in [0.2, 0.25) is 0 Å². The zero-order chi connectivity index (χ0) is 14.3. The molecule has 1 atom stereocenters. The number of aliphatic hydroxyl groups is 1. The molecule has 0 radical (unpaired) electrons. The molecular formula is C15H24N2O2. The monoisotopic (exact) mass is 264 g/mol. The smallest absolute Gasteiger partial charge is 0.251 e. The molecular weight excluding hydrogens is 240 g/mol. The number of aliphatic hydroxyl groups excluding tert-OH is 1. The van der Waals surface area contributed by atoms with E-state index in [4.69, 9.17) is 5.11 Å². The van der Waals surface area contributed by atoms with Gasteiger partial charge in [0.2, 0.25) is 0 Å². The number of carbonyl (C=O) groups excluding carboxylic acids is 1. The Hall–Kier alpha value is -1.39. The highest BCUT2D eigenvalue weighted by atomic mass is 16.3. The number of hydrogen-bond acceptors (Lipinski definition) is 3. The first-order chi connectivity index (χ1) is 9.08. The Balaban J connectivity index is 2.55. The number of benzene rings is 1. The SMILES string of the molecule is CNC(=O)c1ccc(CNC(CCO)C(C)C)cc1. The van der Waals surface area contributed by atoms with Crippen molar-refractivity contribution in [2.45, 2.75) is 32.9 Å². The van der Waals surface area contributed by atoms with E-state index in [-0.39, 0.29) is 12.5 Å². The van der Waals surface area contributed by atoms with Gasteiger partial charge in [-0.1, -0.05) is 26.0 Å². The van der Waals surface area contributed by atoms with Gasteiger partial charge in [0.05, 0.1) is 0 Å². The van der Waals surface area contributed by atoms with Crippen molar-refractivity contribution in [2.75, 3.05) is 13.7 Å². The third kappa shape index (κ3) is 5.01. The Bertz CT molecular complexity index is 388. The van der Waals surface area contributed by atoms with Crippen molar-refractivity contribution in [3.8, 4) is 0 Å². The summed E-state index contributed by atoms with van der Waals surface area (Å²) in [7, 11) is 1.62. The molecule has 0 fully saturated rings. The van der Waals surface area contributed by atoms with Crippen molar-refractivity contribution in [3.63, 3.8) is 0 Å². The van der Waals surface area contributed by atoms with Gasteiger partial charge in [-0.05, 0) is 30.0 Å². The van der Waals surface area contributed by atoms with E-state index >= 15 is 0 Å². The quantitative estimate of drug-likeness (QED) is 0.700. The van der Waals surface area contributed by atoms with Crippen LogP contribution in [0.5, 0.6) is 0 Å². The average Bonchev–Trinajstić information content (AvgIpc) is 2.42. The van der Waals surface area contributed by atoms with Crippen LogP contribution < -0.4 is 10.6 Å². The lowest BCUT2D eigenvalue weighted by atomic mass is 10.0. The molecule has 19 heavy (non-hydrogen) atoms. The highest BCUT2D eigenvalue weighted by Gasteiger charge is 2.11. The lowest BCUT2D eigenvalue weighted by Crippen LogP contribution is -2.34. The van der Waals surface area contributed by atoms with Gasteiger partial charge in [0.1, 0.15) is 0 Å². The van der Waals surface area contributed by atoms with Gasteiger partial charge in [-0.15, -0.1) is 0 Å². The van der Waals surface area contributed by atoms with Crippen molar-refractivity contribution in [3.05, 3.63) is 35.4 Å². The number of hydrogen-bond donors (Lipinski definition) is 3. The maximum atomic E-state index is 11.4. The summed E-state index contributed by atoms with van der Waals surface area (Å²) in [6.07, 6.45) is 0.758. The summed E-state index contributed by atoms with van der Waals surface area (Å²) in [5.74, 6) is 0.414. The lowest BCUT2D eigenvalue weighted by molar-refractivity contribution is 0.0963. The van der Waals surface area contributed by atoms with E-state index < -0.39 is 0 Å². The first-order valence-electron chi connectivity index (χ1n) is 6.73. The van der Waals surface area contributed by atoms with Gasteiger partial charge in [-0.3, -0.25) is 4.79 Å². The molecule has 0 saturated carbocycles. The lowest BCUT2D eigenvalue weighted by Gasteiger charge is -2.21. The van der Waals surface area contributed by atoms with Gasteiger partial charge in [0, 0.05) is 31.8 Å². The molecule has 0 bridgehead atoms. The molecule has 0 spiro atoms. The van der Waals surface area contributed by atoms with Crippen molar-refractivity contribution in [1.29, 1.82) is 0 Å². The van der Waals surface area contributed by atoms with Crippen LogP contribution in [-0.2, 0) is 6.54 Å². The molecule has 1 amide bonds. The third-order valence-electron chi connectivity index (χ3n) is 3.26. The van der Waals surface area contributed by atoms with Gasteiger partial charge in [0.25, 0.3) is 5.91 Å². The van der Waals surface area contributed by atoms with Crippen LogP contribution in [0.25, 0.3) is 0 Å². The molecule has 1 aromatic rings. The highest BCUT2D eigenvalue weighted by molar-refractivity contribution is 5.93. The van der Waals surface area contributed by atoms with Gasteiger partial charge in [-0.2, -0.15) is 0 Å². The fourth-order valence-electron chi connectivity index (χ4n) is 1.98. The first-order valence-corrected chi connectivity index (χ1v) is 6.73. The number of nitrogens with one attached hydrogen (secondary N) is 2. The second kappa shape index (κ2) is 7.92. The van der Waals surface area contributed by atoms with E-state index in [2.05, 4.69) is 24.5 Å². The van der Waals surface area contributed by atoms with E-state index in [9.17, 15) is 4.79 Å². The van der Waals surface area contributed by atoms with Crippen LogP contribution in [0.4, 0.5) is 0 Å². The van der Waals surface area contributed by atoms with Crippen molar-refractivity contribution in [1.82, 2.24) is 10.6 Å². The molecule has 0 aliphatic carbocycles. The van der Waals surface area contributed by atoms with Crippen LogP contribution in [0.15, 0.2) is 24.3 Å². The summed E-state index contributed by atoms with van der Waals surface area (Å²) in [6.45, 7) is 5.23. The molecule has 0 saturated heterocycles. The molecule has 1 unspecified atom stereocenters. The maximum absolute atomic E-state index is 11.4. The van der Waals surface area contributed by atoms with Gasteiger partial charge in [0.15, 0.2) is 0 Å². The van der Waals surface area contributed by atoms with E-state index in [1.807, 2.05) is 24.3 Å². The normalized spacial score (nSPS) is 12.5. The topological polar surface area (TPSA) is 61.4 Å². The molecule has 4 nitrogen and oxygen atoms in total. The summed E-state index contributed by atoms with van der Waals surface area (Å²) in [4.78, 5) is 11.4. The molecule has 106 valence electrons. The summed E-state index contributed by atoms with van der Waals surface area (Å²) >= 11 is 0. The number of carbonyl (C=O) groups is 1. The molecule has 0 aliphatic heterocycles. The van der Waals surface area contributed by atoms with Crippen LogP contribution in [0.3, 0.4) is 0 Å². The molecule has 1 rings (SSSR count). The molecule has 3 N–H and O–H groups in total. The summed E-state index contributed by atoms with van der Waals surface area (Å²) in [5.41, 5.74) is 1.80. The fourth-order valence-corrected chi connectivity index (χ4v) is 1.98. The number of amides is 1.